The molecule has 4 heteroatoms. The minimum atomic E-state index is -0.299. The maximum atomic E-state index is 12.8. The van der Waals surface area contributed by atoms with Gasteiger partial charge in [0.05, 0.1) is 6.20 Å². The van der Waals surface area contributed by atoms with Gasteiger partial charge < -0.3 is 10.6 Å². The first-order chi connectivity index (χ1) is 7.63. The Morgan fingerprint density at radius 2 is 2.19 bits per heavy atom. The van der Waals surface area contributed by atoms with Gasteiger partial charge in [0.2, 0.25) is 0 Å². The Balaban J connectivity index is 2.70. The highest BCUT2D eigenvalue weighted by Gasteiger charge is 2.09. The van der Waals surface area contributed by atoms with E-state index >= 15 is 0 Å². The SMILES string of the molecule is CC(C)CN(CCCN)c1ccc(F)cn1. The third kappa shape index (κ3) is 4.14. The number of rotatable bonds is 6. The Labute approximate surface area is 96.5 Å². The second-order valence-corrected chi connectivity index (χ2v) is 4.32. The molecule has 1 rings (SSSR count). The molecule has 0 saturated carbocycles. The van der Waals surface area contributed by atoms with Gasteiger partial charge in [-0.05, 0) is 31.0 Å². The molecule has 0 aliphatic carbocycles. The van der Waals surface area contributed by atoms with Gasteiger partial charge >= 0.3 is 0 Å². The molecule has 3 nitrogen and oxygen atoms in total. The lowest BCUT2D eigenvalue weighted by molar-refractivity contribution is 0.591. The number of pyridine rings is 1. The second kappa shape index (κ2) is 6.43. The molecule has 0 aliphatic heterocycles. The zero-order valence-corrected chi connectivity index (χ0v) is 9.99. The Bertz CT molecular complexity index is 298. The number of aromatic nitrogens is 1. The number of anilines is 1. The highest BCUT2D eigenvalue weighted by Crippen LogP contribution is 2.13. The van der Waals surface area contributed by atoms with Crippen molar-refractivity contribution in [3.63, 3.8) is 0 Å². The van der Waals surface area contributed by atoms with E-state index in [1.807, 2.05) is 0 Å². The molecule has 0 radical (unpaired) electrons. The van der Waals surface area contributed by atoms with E-state index in [0.717, 1.165) is 25.3 Å². The number of nitrogens with zero attached hydrogens (tertiary/aromatic N) is 2. The van der Waals surface area contributed by atoms with Crippen molar-refractivity contribution in [2.75, 3.05) is 24.5 Å². The molecule has 16 heavy (non-hydrogen) atoms. The first-order valence-electron chi connectivity index (χ1n) is 5.70. The van der Waals surface area contributed by atoms with E-state index in [1.165, 1.54) is 12.3 Å². The molecule has 1 aromatic heterocycles. The van der Waals surface area contributed by atoms with Crippen molar-refractivity contribution < 1.29 is 4.39 Å². The lowest BCUT2D eigenvalue weighted by Crippen LogP contribution is -2.30. The summed E-state index contributed by atoms with van der Waals surface area (Å²) in [5.74, 6) is 1.07. The number of hydrogen-bond donors (Lipinski definition) is 1. The van der Waals surface area contributed by atoms with Crippen LogP contribution in [0.15, 0.2) is 18.3 Å². The number of halogens is 1. The van der Waals surface area contributed by atoms with Gasteiger partial charge in [0.25, 0.3) is 0 Å². The Hall–Kier alpha value is -1.16. The van der Waals surface area contributed by atoms with Crippen LogP contribution in [0.1, 0.15) is 20.3 Å². The first-order valence-corrected chi connectivity index (χ1v) is 5.70. The molecule has 0 amide bonds. The van der Waals surface area contributed by atoms with Crippen LogP contribution in [0.5, 0.6) is 0 Å². The van der Waals surface area contributed by atoms with E-state index in [-0.39, 0.29) is 5.82 Å². The third-order valence-electron chi connectivity index (χ3n) is 2.25. The molecule has 0 aliphatic rings. The topological polar surface area (TPSA) is 42.1 Å². The van der Waals surface area contributed by atoms with Gasteiger partial charge in [-0.25, -0.2) is 9.37 Å². The highest BCUT2D eigenvalue weighted by molar-refractivity contribution is 5.37. The van der Waals surface area contributed by atoms with E-state index in [4.69, 9.17) is 5.73 Å². The summed E-state index contributed by atoms with van der Waals surface area (Å²) in [6.07, 6.45) is 2.18. The Morgan fingerprint density at radius 1 is 1.44 bits per heavy atom. The summed E-state index contributed by atoms with van der Waals surface area (Å²) in [5.41, 5.74) is 5.50. The molecule has 0 spiro atoms. The largest absolute Gasteiger partial charge is 0.356 e. The van der Waals surface area contributed by atoms with Gasteiger partial charge in [-0.15, -0.1) is 0 Å². The average molecular weight is 225 g/mol. The van der Waals surface area contributed by atoms with E-state index in [1.54, 1.807) is 6.07 Å². The van der Waals surface area contributed by atoms with Crippen LogP contribution in [0.25, 0.3) is 0 Å². The molecular weight excluding hydrogens is 205 g/mol. The summed E-state index contributed by atoms with van der Waals surface area (Å²) in [6, 6.07) is 3.16. The van der Waals surface area contributed by atoms with Gasteiger partial charge in [-0.2, -0.15) is 0 Å². The Kier molecular flexibility index (Phi) is 5.19. The van der Waals surface area contributed by atoms with Crippen LogP contribution in [0, 0.1) is 11.7 Å². The molecule has 1 aromatic rings. The molecule has 0 atom stereocenters. The minimum absolute atomic E-state index is 0.299. The Morgan fingerprint density at radius 3 is 2.69 bits per heavy atom. The second-order valence-electron chi connectivity index (χ2n) is 4.32. The van der Waals surface area contributed by atoms with Gasteiger partial charge in [0.15, 0.2) is 0 Å². The van der Waals surface area contributed by atoms with Gasteiger partial charge in [-0.1, -0.05) is 13.8 Å². The number of hydrogen-bond acceptors (Lipinski definition) is 3. The average Bonchev–Trinajstić information content (AvgIpc) is 2.25. The molecule has 90 valence electrons. The fraction of sp³-hybridized carbons (Fsp3) is 0.583. The summed E-state index contributed by atoms with van der Waals surface area (Å²) in [4.78, 5) is 6.24. The zero-order valence-electron chi connectivity index (χ0n) is 9.99. The summed E-state index contributed by atoms with van der Waals surface area (Å²) >= 11 is 0. The van der Waals surface area contributed by atoms with Crippen LogP contribution in [-0.2, 0) is 0 Å². The fourth-order valence-electron chi connectivity index (χ4n) is 1.58. The highest BCUT2D eigenvalue weighted by atomic mass is 19.1. The predicted octanol–water partition coefficient (Wildman–Crippen LogP) is 2.03. The summed E-state index contributed by atoms with van der Waals surface area (Å²) in [6.45, 7) is 6.75. The van der Waals surface area contributed by atoms with Crippen molar-refractivity contribution >= 4 is 5.82 Å². The molecule has 1 heterocycles. The van der Waals surface area contributed by atoms with Crippen LogP contribution in [0.2, 0.25) is 0 Å². The molecule has 2 N–H and O–H groups in total. The standard InChI is InChI=1S/C12H20FN3/c1-10(2)9-16(7-3-6-14)12-5-4-11(13)8-15-12/h4-5,8,10H,3,6-7,9,14H2,1-2H3. The van der Waals surface area contributed by atoms with E-state index < -0.39 is 0 Å². The van der Waals surface area contributed by atoms with Crippen molar-refractivity contribution in [1.29, 1.82) is 0 Å². The van der Waals surface area contributed by atoms with E-state index in [2.05, 4.69) is 23.7 Å². The monoisotopic (exact) mass is 225 g/mol. The van der Waals surface area contributed by atoms with Crippen molar-refractivity contribution in [2.24, 2.45) is 11.7 Å². The lowest BCUT2D eigenvalue weighted by atomic mass is 10.2. The molecule has 0 aromatic carbocycles. The summed E-state index contributed by atoms with van der Waals surface area (Å²) in [7, 11) is 0. The maximum Gasteiger partial charge on any atom is 0.141 e. The van der Waals surface area contributed by atoms with Gasteiger partial charge in [0.1, 0.15) is 11.6 Å². The van der Waals surface area contributed by atoms with Crippen LogP contribution in [-0.4, -0.2) is 24.6 Å². The van der Waals surface area contributed by atoms with Crippen molar-refractivity contribution in [3.05, 3.63) is 24.1 Å². The van der Waals surface area contributed by atoms with Crippen molar-refractivity contribution in [1.82, 2.24) is 4.98 Å². The molecule has 0 saturated heterocycles. The first kappa shape index (κ1) is 12.9. The van der Waals surface area contributed by atoms with Crippen molar-refractivity contribution in [3.8, 4) is 0 Å². The molecule has 0 bridgehead atoms. The fourth-order valence-corrected chi connectivity index (χ4v) is 1.58. The molecular formula is C12H20FN3. The van der Waals surface area contributed by atoms with Gasteiger partial charge in [0, 0.05) is 13.1 Å². The van der Waals surface area contributed by atoms with Crippen LogP contribution < -0.4 is 10.6 Å². The maximum absolute atomic E-state index is 12.8. The molecule has 0 unspecified atom stereocenters. The van der Waals surface area contributed by atoms with Crippen molar-refractivity contribution in [2.45, 2.75) is 20.3 Å². The summed E-state index contributed by atoms with van der Waals surface area (Å²) < 4.78 is 12.8. The van der Waals surface area contributed by atoms with E-state index in [0.29, 0.717) is 12.5 Å². The predicted molar refractivity (Wildman–Crippen MR) is 64.9 cm³/mol. The normalized spacial score (nSPS) is 10.8. The van der Waals surface area contributed by atoms with Gasteiger partial charge in [-0.3, -0.25) is 0 Å². The smallest absolute Gasteiger partial charge is 0.141 e. The lowest BCUT2D eigenvalue weighted by Gasteiger charge is -2.25. The van der Waals surface area contributed by atoms with Crippen LogP contribution in [0.3, 0.4) is 0 Å². The molecule has 0 fully saturated rings. The minimum Gasteiger partial charge on any atom is -0.356 e. The third-order valence-corrected chi connectivity index (χ3v) is 2.25. The quantitative estimate of drug-likeness (QED) is 0.805. The summed E-state index contributed by atoms with van der Waals surface area (Å²) in [5, 5.41) is 0. The number of nitrogens with two attached hydrogens (primary N) is 1. The van der Waals surface area contributed by atoms with Crippen LogP contribution in [0.4, 0.5) is 10.2 Å². The zero-order chi connectivity index (χ0) is 12.0. The van der Waals surface area contributed by atoms with Crippen LogP contribution >= 0.6 is 0 Å². The van der Waals surface area contributed by atoms with E-state index in [9.17, 15) is 4.39 Å².